The first kappa shape index (κ1) is 18.8. The number of fused-ring (bicyclic) bond motifs is 1. The van der Waals surface area contributed by atoms with Gasteiger partial charge in [0, 0.05) is 18.2 Å². The third-order valence-electron chi connectivity index (χ3n) is 4.08. The Morgan fingerprint density at radius 2 is 1.79 bits per heavy atom. The summed E-state index contributed by atoms with van der Waals surface area (Å²) in [6, 6.07) is 7.84. The van der Waals surface area contributed by atoms with E-state index in [2.05, 4.69) is 5.32 Å². The highest BCUT2D eigenvalue weighted by Crippen LogP contribution is 2.35. The van der Waals surface area contributed by atoms with Crippen LogP contribution in [0.4, 0.5) is 22.7 Å². The van der Waals surface area contributed by atoms with E-state index in [-0.39, 0.29) is 35.9 Å². The number of carbonyl (C=O) groups excluding carboxylic acids is 2. The Balaban J connectivity index is 1.80. The van der Waals surface area contributed by atoms with Crippen molar-refractivity contribution in [1.82, 2.24) is 0 Å². The molecule has 0 aliphatic carbocycles. The van der Waals surface area contributed by atoms with Gasteiger partial charge >= 0.3 is 5.97 Å². The van der Waals surface area contributed by atoms with E-state index >= 15 is 0 Å². The molecule has 0 fully saturated rings. The quantitative estimate of drug-likeness (QED) is 0.356. The van der Waals surface area contributed by atoms with Crippen molar-refractivity contribution < 1.29 is 24.2 Å². The van der Waals surface area contributed by atoms with Crippen LogP contribution in [0.3, 0.4) is 0 Å². The number of benzene rings is 2. The smallest absolute Gasteiger partial charge is 0.331 e. The molecule has 1 amide bonds. The number of rotatable bonds is 5. The molecule has 0 spiro atoms. The molecule has 0 saturated heterocycles. The fraction of sp³-hybridized carbons (Fsp3) is 0.176. The van der Waals surface area contributed by atoms with Gasteiger partial charge in [-0.3, -0.25) is 25.0 Å². The van der Waals surface area contributed by atoms with Gasteiger partial charge in [-0.2, -0.15) is 0 Å². The fourth-order valence-corrected chi connectivity index (χ4v) is 2.72. The molecule has 3 rings (SSSR count). The second-order valence-corrected chi connectivity index (χ2v) is 6.04. The predicted octanol–water partition coefficient (Wildman–Crippen LogP) is 2.18. The molecule has 2 aromatic carbocycles. The van der Waals surface area contributed by atoms with Crippen LogP contribution in [0.5, 0.6) is 5.75 Å². The molecule has 0 atom stereocenters. The maximum absolute atomic E-state index is 12.4. The molecule has 0 bridgehead atoms. The molecule has 1 aliphatic heterocycles. The van der Waals surface area contributed by atoms with Crippen molar-refractivity contribution >= 4 is 34.6 Å². The lowest BCUT2D eigenvalue weighted by Gasteiger charge is -2.29. The van der Waals surface area contributed by atoms with Crippen LogP contribution in [0.15, 0.2) is 36.4 Å². The summed E-state index contributed by atoms with van der Waals surface area (Å²) in [4.78, 5) is 46.2. The summed E-state index contributed by atoms with van der Waals surface area (Å²) < 4.78 is 5.02. The fourth-order valence-electron chi connectivity index (χ4n) is 2.72. The van der Waals surface area contributed by atoms with Crippen LogP contribution in [0.25, 0.3) is 0 Å². The number of anilines is 2. The van der Waals surface area contributed by atoms with Gasteiger partial charge in [-0.25, -0.2) is 4.79 Å². The monoisotopic (exact) mass is 386 g/mol. The van der Waals surface area contributed by atoms with Gasteiger partial charge in [0.05, 0.1) is 33.8 Å². The van der Waals surface area contributed by atoms with Gasteiger partial charge in [-0.05, 0) is 18.6 Å². The third-order valence-corrected chi connectivity index (χ3v) is 4.08. The Bertz CT molecular complexity index is 1000. The number of amides is 1. The number of ether oxygens (including phenoxy) is 1. The van der Waals surface area contributed by atoms with Gasteiger partial charge in [-0.1, -0.05) is 6.07 Å². The van der Waals surface area contributed by atoms with Crippen LogP contribution in [-0.2, 0) is 9.59 Å². The van der Waals surface area contributed by atoms with Crippen molar-refractivity contribution in [3.63, 3.8) is 0 Å². The van der Waals surface area contributed by atoms with Crippen LogP contribution in [0, 0.1) is 27.2 Å². The van der Waals surface area contributed by atoms with Gasteiger partial charge < -0.3 is 15.0 Å². The zero-order valence-corrected chi connectivity index (χ0v) is 14.6. The van der Waals surface area contributed by atoms with Crippen molar-refractivity contribution in [2.45, 2.75) is 6.92 Å². The third kappa shape index (κ3) is 3.87. The summed E-state index contributed by atoms with van der Waals surface area (Å²) in [6.07, 6.45) is 0. The number of nitrogens with zero attached hydrogens (tertiary/aromatic N) is 3. The largest absolute Gasteiger partial charge is 0.423 e. The van der Waals surface area contributed by atoms with E-state index in [4.69, 9.17) is 4.74 Å². The Morgan fingerprint density at radius 3 is 2.46 bits per heavy atom. The molecule has 1 aliphatic rings. The number of nitrogens with one attached hydrogen (secondary N) is 1. The van der Waals surface area contributed by atoms with E-state index in [9.17, 15) is 29.8 Å². The molecule has 11 heteroatoms. The van der Waals surface area contributed by atoms with Crippen LogP contribution >= 0.6 is 0 Å². The molecular formula is C17H14N4O7. The van der Waals surface area contributed by atoms with Crippen LogP contribution in [0.1, 0.15) is 5.56 Å². The van der Waals surface area contributed by atoms with E-state index in [1.54, 1.807) is 6.92 Å². The van der Waals surface area contributed by atoms with Crippen molar-refractivity contribution in [1.29, 1.82) is 0 Å². The van der Waals surface area contributed by atoms with Crippen molar-refractivity contribution in [2.24, 2.45) is 0 Å². The SMILES string of the molecule is Cc1ccc([N+](=O)[O-])cc1NC(=O)CN1CC(=O)Oc2cc([N+](=O)[O-])ccc21. The van der Waals surface area contributed by atoms with Gasteiger partial charge in [0.25, 0.3) is 11.4 Å². The average Bonchev–Trinajstić information content (AvgIpc) is 2.62. The Morgan fingerprint density at radius 1 is 1.14 bits per heavy atom. The van der Waals surface area contributed by atoms with Crippen LogP contribution < -0.4 is 15.0 Å². The summed E-state index contributed by atoms with van der Waals surface area (Å²) in [6.45, 7) is 1.22. The number of aryl methyl sites for hydroxylation is 1. The van der Waals surface area contributed by atoms with E-state index in [1.165, 1.54) is 35.2 Å². The summed E-state index contributed by atoms with van der Waals surface area (Å²) in [5.74, 6) is -1.18. The van der Waals surface area contributed by atoms with Crippen molar-refractivity contribution in [3.8, 4) is 5.75 Å². The second-order valence-electron chi connectivity index (χ2n) is 6.04. The maximum Gasteiger partial charge on any atom is 0.331 e. The van der Waals surface area contributed by atoms with Crippen molar-refractivity contribution in [3.05, 3.63) is 62.2 Å². The molecule has 0 saturated carbocycles. The lowest BCUT2D eigenvalue weighted by molar-refractivity contribution is -0.385. The highest BCUT2D eigenvalue weighted by Gasteiger charge is 2.27. The first-order valence-electron chi connectivity index (χ1n) is 8.03. The molecule has 11 nitrogen and oxygen atoms in total. The highest BCUT2D eigenvalue weighted by molar-refractivity contribution is 5.97. The summed E-state index contributed by atoms with van der Waals surface area (Å²) >= 11 is 0. The van der Waals surface area contributed by atoms with E-state index in [1.807, 2.05) is 0 Å². The normalized spacial score (nSPS) is 12.8. The van der Waals surface area contributed by atoms with Gasteiger partial charge in [0.2, 0.25) is 5.91 Å². The minimum absolute atomic E-state index is 0.00946. The number of hydrogen-bond acceptors (Lipinski definition) is 8. The topological polar surface area (TPSA) is 145 Å². The first-order chi connectivity index (χ1) is 13.2. The number of carbonyl (C=O) groups is 2. The zero-order valence-electron chi connectivity index (χ0n) is 14.6. The number of hydrogen-bond donors (Lipinski definition) is 1. The maximum atomic E-state index is 12.4. The molecule has 0 aromatic heterocycles. The molecule has 0 radical (unpaired) electrons. The zero-order chi connectivity index (χ0) is 20.4. The Kier molecular flexibility index (Phi) is 4.90. The van der Waals surface area contributed by atoms with Crippen molar-refractivity contribution in [2.75, 3.05) is 23.3 Å². The number of nitro benzene ring substituents is 2. The van der Waals surface area contributed by atoms with Gasteiger partial charge in [0.15, 0.2) is 5.75 Å². The van der Waals surface area contributed by atoms with E-state index < -0.39 is 21.7 Å². The lowest BCUT2D eigenvalue weighted by Crippen LogP contribution is -2.41. The minimum atomic E-state index is -0.660. The standard InChI is InChI=1S/C17H14N4O7/c1-10-2-3-11(20(24)25)6-13(10)18-16(22)8-19-9-17(23)28-15-7-12(21(26)27)4-5-14(15)19/h2-7H,8-9H2,1H3,(H,18,22). The molecular weight excluding hydrogens is 372 g/mol. The minimum Gasteiger partial charge on any atom is -0.423 e. The molecule has 2 aromatic rings. The first-order valence-corrected chi connectivity index (χ1v) is 8.03. The summed E-state index contributed by atoms with van der Waals surface area (Å²) in [5.41, 5.74) is 0.858. The highest BCUT2D eigenvalue weighted by atomic mass is 16.6. The van der Waals surface area contributed by atoms with Gasteiger partial charge in [0.1, 0.15) is 6.54 Å². The second kappa shape index (κ2) is 7.31. The molecule has 0 unspecified atom stereocenters. The molecule has 1 N–H and O–H groups in total. The predicted molar refractivity (Wildman–Crippen MR) is 97.4 cm³/mol. The van der Waals surface area contributed by atoms with Crippen LogP contribution in [0.2, 0.25) is 0 Å². The van der Waals surface area contributed by atoms with E-state index in [0.29, 0.717) is 11.3 Å². The number of non-ortho nitro benzene ring substituents is 2. The van der Waals surface area contributed by atoms with Crippen LogP contribution in [-0.4, -0.2) is 34.8 Å². The Hall–Kier alpha value is -4.02. The molecule has 1 heterocycles. The Labute approximate surface area is 157 Å². The molecule has 144 valence electrons. The summed E-state index contributed by atoms with van der Waals surface area (Å²) in [7, 11) is 0. The van der Waals surface area contributed by atoms with E-state index in [0.717, 1.165) is 6.07 Å². The lowest BCUT2D eigenvalue weighted by atomic mass is 10.1. The number of nitro groups is 2. The van der Waals surface area contributed by atoms with Gasteiger partial charge in [-0.15, -0.1) is 0 Å². The number of esters is 1. The molecule has 28 heavy (non-hydrogen) atoms. The summed E-state index contributed by atoms with van der Waals surface area (Å²) in [5, 5.41) is 24.4. The average molecular weight is 386 g/mol.